The van der Waals surface area contributed by atoms with Gasteiger partial charge in [0.15, 0.2) is 0 Å². The molecule has 1 atom stereocenters. The highest BCUT2D eigenvalue weighted by molar-refractivity contribution is 4.97. The maximum absolute atomic E-state index is 5.13. The van der Waals surface area contributed by atoms with Crippen molar-refractivity contribution in [2.45, 2.75) is 25.7 Å². The van der Waals surface area contributed by atoms with E-state index in [4.69, 9.17) is 6.42 Å². The molecule has 48 valence electrons. The molecule has 0 N–H and O–H groups in total. The summed E-state index contributed by atoms with van der Waals surface area (Å²) in [7, 11) is 0. The Hall–Kier alpha value is -0.700. The summed E-state index contributed by atoms with van der Waals surface area (Å²) in [4.78, 5) is 0. The van der Waals surface area contributed by atoms with Gasteiger partial charge in [0.2, 0.25) is 0 Å². The van der Waals surface area contributed by atoms with E-state index in [9.17, 15) is 0 Å². The lowest BCUT2D eigenvalue weighted by Crippen LogP contribution is -1.89. The van der Waals surface area contributed by atoms with Gasteiger partial charge >= 0.3 is 0 Å². The SMILES string of the molecule is C#CCCC1C=CCC1. The van der Waals surface area contributed by atoms with Crippen molar-refractivity contribution in [3.8, 4) is 12.3 Å². The van der Waals surface area contributed by atoms with Gasteiger partial charge in [0.25, 0.3) is 0 Å². The van der Waals surface area contributed by atoms with E-state index >= 15 is 0 Å². The Morgan fingerprint density at radius 2 is 2.56 bits per heavy atom. The fourth-order valence-electron chi connectivity index (χ4n) is 1.20. The molecule has 0 bridgehead atoms. The normalized spacial score (nSPS) is 24.1. The van der Waals surface area contributed by atoms with Gasteiger partial charge in [0.05, 0.1) is 0 Å². The molecule has 0 amide bonds. The Morgan fingerprint density at radius 1 is 1.67 bits per heavy atom. The van der Waals surface area contributed by atoms with Gasteiger partial charge in [-0.15, -0.1) is 12.3 Å². The van der Waals surface area contributed by atoms with Crippen LogP contribution in [0.15, 0.2) is 12.2 Å². The average Bonchev–Trinajstić information content (AvgIpc) is 2.34. The highest BCUT2D eigenvalue weighted by Gasteiger charge is 2.06. The van der Waals surface area contributed by atoms with E-state index in [1.54, 1.807) is 0 Å². The van der Waals surface area contributed by atoms with Crippen LogP contribution in [-0.4, -0.2) is 0 Å². The van der Waals surface area contributed by atoms with Gasteiger partial charge in [-0.3, -0.25) is 0 Å². The Morgan fingerprint density at radius 3 is 3.11 bits per heavy atom. The number of rotatable bonds is 2. The van der Waals surface area contributed by atoms with Gasteiger partial charge in [-0.1, -0.05) is 12.2 Å². The number of allylic oxidation sites excluding steroid dienone is 2. The molecule has 1 unspecified atom stereocenters. The fourth-order valence-corrected chi connectivity index (χ4v) is 1.20. The molecule has 0 saturated carbocycles. The average molecular weight is 120 g/mol. The minimum absolute atomic E-state index is 0.793. The molecule has 1 aliphatic rings. The topological polar surface area (TPSA) is 0 Å². The molecule has 0 aliphatic heterocycles. The van der Waals surface area contributed by atoms with E-state index in [0.717, 1.165) is 12.3 Å². The maximum atomic E-state index is 5.13. The van der Waals surface area contributed by atoms with Crippen LogP contribution in [0.2, 0.25) is 0 Å². The van der Waals surface area contributed by atoms with Crippen molar-refractivity contribution < 1.29 is 0 Å². The summed E-state index contributed by atoms with van der Waals surface area (Å²) in [6.07, 6.45) is 14.4. The summed E-state index contributed by atoms with van der Waals surface area (Å²) in [5.41, 5.74) is 0. The molecule has 0 aromatic rings. The van der Waals surface area contributed by atoms with Crippen LogP contribution in [0.1, 0.15) is 25.7 Å². The Labute approximate surface area is 57.0 Å². The molecule has 1 rings (SSSR count). The van der Waals surface area contributed by atoms with Crippen LogP contribution >= 0.6 is 0 Å². The minimum Gasteiger partial charge on any atom is -0.120 e. The van der Waals surface area contributed by atoms with Crippen molar-refractivity contribution in [3.63, 3.8) is 0 Å². The van der Waals surface area contributed by atoms with Crippen LogP contribution in [-0.2, 0) is 0 Å². The molecule has 9 heavy (non-hydrogen) atoms. The first kappa shape index (κ1) is 6.42. The molecule has 0 aromatic heterocycles. The van der Waals surface area contributed by atoms with E-state index in [-0.39, 0.29) is 0 Å². The Bertz CT molecular complexity index is 137. The first-order chi connectivity index (χ1) is 4.43. The zero-order valence-electron chi connectivity index (χ0n) is 5.64. The van der Waals surface area contributed by atoms with Gasteiger partial charge in [-0.2, -0.15) is 0 Å². The van der Waals surface area contributed by atoms with Crippen molar-refractivity contribution in [1.82, 2.24) is 0 Å². The first-order valence-electron chi connectivity index (χ1n) is 3.53. The lowest BCUT2D eigenvalue weighted by atomic mass is 10.0. The van der Waals surface area contributed by atoms with E-state index in [1.807, 2.05) is 0 Å². The lowest BCUT2D eigenvalue weighted by Gasteiger charge is -2.01. The molecule has 0 saturated heterocycles. The number of terminal acetylenes is 1. The molecule has 0 aromatic carbocycles. The predicted octanol–water partition coefficient (Wildman–Crippen LogP) is 2.37. The molecule has 1 aliphatic carbocycles. The van der Waals surface area contributed by atoms with E-state index in [0.29, 0.717) is 0 Å². The van der Waals surface area contributed by atoms with Crippen molar-refractivity contribution in [3.05, 3.63) is 12.2 Å². The summed E-state index contributed by atoms with van der Waals surface area (Å²) in [5.74, 6) is 3.45. The second-order valence-electron chi connectivity index (χ2n) is 2.51. The summed E-state index contributed by atoms with van der Waals surface area (Å²) in [6, 6.07) is 0. The maximum Gasteiger partial charge on any atom is 0.00916 e. The zero-order valence-corrected chi connectivity index (χ0v) is 5.64. The monoisotopic (exact) mass is 120 g/mol. The summed E-state index contributed by atoms with van der Waals surface area (Å²) in [5, 5.41) is 0. The number of hydrogen-bond acceptors (Lipinski definition) is 0. The highest BCUT2D eigenvalue weighted by Crippen LogP contribution is 2.20. The molecule has 0 heterocycles. The molecular formula is C9H12. The van der Waals surface area contributed by atoms with E-state index in [1.165, 1.54) is 19.3 Å². The van der Waals surface area contributed by atoms with Gasteiger partial charge in [0, 0.05) is 6.42 Å². The summed E-state index contributed by atoms with van der Waals surface area (Å²) < 4.78 is 0. The minimum atomic E-state index is 0.793. The van der Waals surface area contributed by atoms with Crippen molar-refractivity contribution in [1.29, 1.82) is 0 Å². The van der Waals surface area contributed by atoms with Crippen molar-refractivity contribution in [2.75, 3.05) is 0 Å². The zero-order chi connectivity index (χ0) is 6.53. The third-order valence-electron chi connectivity index (χ3n) is 1.77. The lowest BCUT2D eigenvalue weighted by molar-refractivity contribution is 0.590. The van der Waals surface area contributed by atoms with Crippen molar-refractivity contribution in [2.24, 2.45) is 5.92 Å². The van der Waals surface area contributed by atoms with Crippen LogP contribution in [0.3, 0.4) is 0 Å². The quantitative estimate of drug-likeness (QED) is 0.387. The Balaban J connectivity index is 2.14. The fraction of sp³-hybridized carbons (Fsp3) is 0.556. The van der Waals surface area contributed by atoms with Gasteiger partial charge in [0.1, 0.15) is 0 Å². The van der Waals surface area contributed by atoms with Crippen LogP contribution in [0.5, 0.6) is 0 Å². The third kappa shape index (κ3) is 1.93. The largest absolute Gasteiger partial charge is 0.120 e. The molecule has 0 nitrogen and oxygen atoms in total. The van der Waals surface area contributed by atoms with Gasteiger partial charge < -0.3 is 0 Å². The third-order valence-corrected chi connectivity index (χ3v) is 1.77. The second-order valence-corrected chi connectivity index (χ2v) is 2.51. The van der Waals surface area contributed by atoms with Gasteiger partial charge in [-0.25, -0.2) is 0 Å². The smallest absolute Gasteiger partial charge is 0.00916 e. The molecular weight excluding hydrogens is 108 g/mol. The molecule has 0 spiro atoms. The number of hydrogen-bond donors (Lipinski definition) is 0. The second kappa shape index (κ2) is 3.35. The van der Waals surface area contributed by atoms with Gasteiger partial charge in [-0.05, 0) is 25.2 Å². The van der Waals surface area contributed by atoms with Crippen LogP contribution < -0.4 is 0 Å². The van der Waals surface area contributed by atoms with E-state index in [2.05, 4.69) is 18.1 Å². The predicted molar refractivity (Wildman–Crippen MR) is 39.9 cm³/mol. The van der Waals surface area contributed by atoms with Crippen LogP contribution in [0.25, 0.3) is 0 Å². The van der Waals surface area contributed by atoms with Crippen LogP contribution in [0.4, 0.5) is 0 Å². The van der Waals surface area contributed by atoms with Crippen LogP contribution in [0, 0.1) is 18.3 Å². The molecule has 0 heteroatoms. The standard InChI is InChI=1S/C9H12/c1-2-3-6-9-7-4-5-8-9/h1,4,7,9H,3,5-6,8H2. The molecule has 0 fully saturated rings. The summed E-state index contributed by atoms with van der Waals surface area (Å²) in [6.45, 7) is 0. The van der Waals surface area contributed by atoms with E-state index < -0.39 is 0 Å². The van der Waals surface area contributed by atoms with Crippen molar-refractivity contribution >= 4 is 0 Å². The first-order valence-corrected chi connectivity index (χ1v) is 3.53. The molecule has 0 radical (unpaired) electrons. The Kier molecular flexibility index (Phi) is 2.39. The summed E-state index contributed by atoms with van der Waals surface area (Å²) >= 11 is 0. The highest BCUT2D eigenvalue weighted by atomic mass is 14.1.